The molecule has 0 radical (unpaired) electrons. The Bertz CT molecular complexity index is 675. The van der Waals surface area contributed by atoms with Crippen molar-refractivity contribution in [1.82, 2.24) is 24.9 Å². The topological polar surface area (TPSA) is 73.7 Å². The van der Waals surface area contributed by atoms with Gasteiger partial charge in [-0.1, -0.05) is 27.7 Å². The van der Waals surface area contributed by atoms with Crippen molar-refractivity contribution in [2.45, 2.75) is 84.2 Å². The van der Waals surface area contributed by atoms with Crippen LogP contribution in [0.1, 0.15) is 82.9 Å². The van der Waals surface area contributed by atoms with Gasteiger partial charge in [-0.3, -0.25) is 9.36 Å². The van der Waals surface area contributed by atoms with Crippen molar-refractivity contribution in [3.8, 4) is 0 Å². The predicted molar refractivity (Wildman–Crippen MR) is 117 cm³/mol. The minimum Gasteiger partial charge on any atom is -0.328 e. The SMILES string of the molecule is CC.CC(C)c1cnn(C2CCCNCC2)c1.Cc1cnn(C2(CN)CC2)c1. The molecule has 1 atom stereocenters. The smallest absolute Gasteiger partial charge is 0.0751 e. The van der Waals surface area contributed by atoms with Crippen LogP contribution in [-0.4, -0.2) is 39.2 Å². The average molecular weight is 389 g/mol. The molecule has 2 fully saturated rings. The molecule has 0 amide bonds. The molecule has 2 aliphatic rings. The van der Waals surface area contributed by atoms with E-state index in [-0.39, 0.29) is 5.54 Å². The average Bonchev–Trinajstić information content (AvgIpc) is 3.27. The first-order valence-corrected chi connectivity index (χ1v) is 11.0. The number of rotatable bonds is 4. The van der Waals surface area contributed by atoms with E-state index in [4.69, 9.17) is 5.73 Å². The Morgan fingerprint density at radius 2 is 1.89 bits per heavy atom. The van der Waals surface area contributed by atoms with Crippen LogP contribution in [-0.2, 0) is 5.54 Å². The fourth-order valence-electron chi connectivity index (χ4n) is 3.46. The molecule has 2 aromatic rings. The number of nitrogens with one attached hydrogen (secondary N) is 1. The lowest BCUT2D eigenvalue weighted by Gasteiger charge is -2.13. The molecule has 1 aliphatic carbocycles. The summed E-state index contributed by atoms with van der Waals surface area (Å²) < 4.78 is 4.19. The third kappa shape index (κ3) is 5.92. The number of nitrogens with zero attached hydrogens (tertiary/aromatic N) is 4. The van der Waals surface area contributed by atoms with Gasteiger partial charge in [0, 0.05) is 18.9 Å². The summed E-state index contributed by atoms with van der Waals surface area (Å²) in [6.07, 6.45) is 14.3. The van der Waals surface area contributed by atoms with Crippen LogP contribution in [0.15, 0.2) is 24.8 Å². The van der Waals surface area contributed by atoms with E-state index in [1.54, 1.807) is 0 Å². The van der Waals surface area contributed by atoms with E-state index >= 15 is 0 Å². The van der Waals surface area contributed by atoms with Crippen LogP contribution in [0.4, 0.5) is 0 Å². The fourth-order valence-corrected chi connectivity index (χ4v) is 3.46. The minimum absolute atomic E-state index is 0.189. The quantitative estimate of drug-likeness (QED) is 0.831. The summed E-state index contributed by atoms with van der Waals surface area (Å²) in [6.45, 7) is 13.5. The number of hydrogen-bond acceptors (Lipinski definition) is 4. The Labute approximate surface area is 170 Å². The Kier molecular flexibility index (Phi) is 8.70. The lowest BCUT2D eigenvalue weighted by Crippen LogP contribution is -2.27. The van der Waals surface area contributed by atoms with E-state index in [0.29, 0.717) is 18.5 Å². The molecule has 28 heavy (non-hydrogen) atoms. The standard InChI is InChI=1S/C12H21N3.C8H13N3.C2H6/c1-10(2)11-8-14-15(9-11)12-4-3-6-13-7-5-12;1-7-4-10-11(5-7)8(6-9)2-3-8;1-2/h8-10,12-13H,3-7H2,1-2H3;4-5H,2-3,6,9H2,1H3;1-2H3. The van der Waals surface area contributed by atoms with Crippen molar-refractivity contribution < 1.29 is 0 Å². The van der Waals surface area contributed by atoms with Crippen LogP contribution in [0, 0.1) is 6.92 Å². The van der Waals surface area contributed by atoms with Gasteiger partial charge in [0.25, 0.3) is 0 Å². The molecular weight excluding hydrogens is 348 g/mol. The largest absolute Gasteiger partial charge is 0.328 e. The van der Waals surface area contributed by atoms with Crippen LogP contribution in [0.2, 0.25) is 0 Å². The van der Waals surface area contributed by atoms with Gasteiger partial charge in [-0.25, -0.2) is 0 Å². The Morgan fingerprint density at radius 1 is 1.14 bits per heavy atom. The van der Waals surface area contributed by atoms with Gasteiger partial charge in [-0.15, -0.1) is 0 Å². The molecule has 4 rings (SSSR count). The van der Waals surface area contributed by atoms with Gasteiger partial charge in [-0.2, -0.15) is 10.2 Å². The lowest BCUT2D eigenvalue weighted by molar-refractivity contribution is 0.414. The molecule has 2 aromatic heterocycles. The highest BCUT2D eigenvalue weighted by molar-refractivity contribution is 5.09. The zero-order valence-corrected chi connectivity index (χ0v) is 18.5. The number of aromatic nitrogens is 4. The van der Waals surface area contributed by atoms with Gasteiger partial charge in [0.2, 0.25) is 0 Å². The van der Waals surface area contributed by atoms with Crippen LogP contribution in [0.25, 0.3) is 0 Å². The number of aryl methyl sites for hydroxylation is 1. The second kappa shape index (κ2) is 10.8. The van der Waals surface area contributed by atoms with Gasteiger partial charge < -0.3 is 11.1 Å². The normalized spacial score (nSPS) is 20.5. The molecule has 3 N–H and O–H groups in total. The van der Waals surface area contributed by atoms with Gasteiger partial charge >= 0.3 is 0 Å². The summed E-state index contributed by atoms with van der Waals surface area (Å²) in [6, 6.07) is 0.604. The molecule has 0 aromatic carbocycles. The first-order chi connectivity index (χ1) is 13.5. The monoisotopic (exact) mass is 388 g/mol. The van der Waals surface area contributed by atoms with Crippen LogP contribution in [0.5, 0.6) is 0 Å². The van der Waals surface area contributed by atoms with Gasteiger partial charge in [0.05, 0.1) is 24.0 Å². The summed E-state index contributed by atoms with van der Waals surface area (Å²) in [5.74, 6) is 0.586. The van der Waals surface area contributed by atoms with Gasteiger partial charge in [0.15, 0.2) is 0 Å². The maximum Gasteiger partial charge on any atom is 0.0751 e. The van der Waals surface area contributed by atoms with Crippen molar-refractivity contribution in [3.05, 3.63) is 35.9 Å². The van der Waals surface area contributed by atoms with Crippen molar-refractivity contribution in [2.24, 2.45) is 5.73 Å². The molecule has 0 spiro atoms. The molecule has 0 bridgehead atoms. The van der Waals surface area contributed by atoms with Crippen LogP contribution < -0.4 is 11.1 Å². The van der Waals surface area contributed by atoms with Crippen LogP contribution in [0.3, 0.4) is 0 Å². The highest BCUT2D eigenvalue weighted by atomic mass is 15.3. The van der Waals surface area contributed by atoms with E-state index in [2.05, 4.69) is 53.4 Å². The summed E-state index contributed by atoms with van der Waals surface area (Å²) in [5.41, 5.74) is 8.40. The van der Waals surface area contributed by atoms with Crippen molar-refractivity contribution in [2.75, 3.05) is 19.6 Å². The summed E-state index contributed by atoms with van der Waals surface area (Å²) in [5, 5.41) is 12.2. The summed E-state index contributed by atoms with van der Waals surface area (Å²) in [7, 11) is 0. The zero-order valence-electron chi connectivity index (χ0n) is 18.5. The second-order valence-electron chi connectivity index (χ2n) is 8.13. The molecule has 6 heteroatoms. The highest BCUT2D eigenvalue weighted by Gasteiger charge is 2.43. The fraction of sp³-hybridized carbons (Fsp3) is 0.727. The minimum atomic E-state index is 0.189. The first-order valence-electron chi connectivity index (χ1n) is 11.0. The third-order valence-electron chi connectivity index (χ3n) is 5.61. The van der Waals surface area contributed by atoms with Gasteiger partial charge in [-0.05, 0) is 69.2 Å². The Morgan fingerprint density at radius 3 is 2.43 bits per heavy atom. The number of hydrogen-bond donors (Lipinski definition) is 2. The number of nitrogens with two attached hydrogens (primary N) is 1. The lowest BCUT2D eigenvalue weighted by atomic mass is 10.1. The van der Waals surface area contributed by atoms with Crippen molar-refractivity contribution >= 4 is 0 Å². The molecule has 1 saturated carbocycles. The maximum absolute atomic E-state index is 5.65. The van der Waals surface area contributed by atoms with E-state index in [1.807, 2.05) is 30.9 Å². The molecule has 1 aliphatic heterocycles. The predicted octanol–water partition coefficient (Wildman–Crippen LogP) is 3.99. The molecule has 1 unspecified atom stereocenters. The summed E-state index contributed by atoms with van der Waals surface area (Å²) >= 11 is 0. The second-order valence-corrected chi connectivity index (χ2v) is 8.13. The van der Waals surface area contributed by atoms with Crippen molar-refractivity contribution in [3.63, 3.8) is 0 Å². The molecular formula is C22H40N6. The third-order valence-corrected chi connectivity index (χ3v) is 5.61. The van der Waals surface area contributed by atoms with E-state index in [1.165, 1.54) is 43.2 Å². The van der Waals surface area contributed by atoms with Crippen LogP contribution >= 0.6 is 0 Å². The summed E-state index contributed by atoms with van der Waals surface area (Å²) in [4.78, 5) is 0. The van der Waals surface area contributed by atoms with Gasteiger partial charge in [0.1, 0.15) is 0 Å². The maximum atomic E-state index is 5.65. The highest BCUT2D eigenvalue weighted by Crippen LogP contribution is 2.41. The molecule has 1 saturated heterocycles. The first kappa shape index (κ1) is 22.6. The Hall–Kier alpha value is -1.66. The molecule has 3 heterocycles. The van der Waals surface area contributed by atoms with E-state index in [0.717, 1.165) is 13.1 Å². The van der Waals surface area contributed by atoms with Crippen molar-refractivity contribution in [1.29, 1.82) is 0 Å². The zero-order chi connectivity index (χ0) is 20.6. The Balaban J connectivity index is 0.000000191. The molecule has 158 valence electrons. The van der Waals surface area contributed by atoms with E-state index in [9.17, 15) is 0 Å². The van der Waals surface area contributed by atoms with E-state index < -0.39 is 0 Å². The molecule has 6 nitrogen and oxygen atoms in total.